The predicted molar refractivity (Wildman–Crippen MR) is 80.5 cm³/mol. The minimum atomic E-state index is -1.43. The van der Waals surface area contributed by atoms with E-state index in [1.165, 1.54) is 7.11 Å². The van der Waals surface area contributed by atoms with Crippen molar-refractivity contribution >= 4 is 5.78 Å². The first-order chi connectivity index (χ1) is 10.6. The van der Waals surface area contributed by atoms with Gasteiger partial charge in [-0.25, -0.2) is 0 Å². The standard InChI is InChI=1S/C17H17NO4/c1-21-14-7-12-10-17(20,9-11-3-5-18-6-4-11)16(19)13(12)8-15(14)22-2/h3-8,20H,9-10H2,1-2H3. The highest BCUT2D eigenvalue weighted by atomic mass is 16.5. The molecule has 1 aromatic carbocycles. The van der Waals surface area contributed by atoms with Crippen LogP contribution in [-0.4, -0.2) is 35.7 Å². The molecule has 5 nitrogen and oxygen atoms in total. The summed E-state index contributed by atoms with van der Waals surface area (Å²) in [7, 11) is 3.07. The van der Waals surface area contributed by atoms with Crippen molar-refractivity contribution in [1.29, 1.82) is 0 Å². The highest BCUT2D eigenvalue weighted by Crippen LogP contribution is 2.39. The lowest BCUT2D eigenvalue weighted by atomic mass is 9.91. The Kier molecular flexibility index (Phi) is 3.58. The largest absolute Gasteiger partial charge is 0.493 e. The number of hydrogen-bond donors (Lipinski definition) is 1. The van der Waals surface area contributed by atoms with E-state index in [4.69, 9.17) is 9.47 Å². The first-order valence-electron chi connectivity index (χ1n) is 6.98. The number of methoxy groups -OCH3 is 2. The molecule has 0 radical (unpaired) electrons. The number of aromatic nitrogens is 1. The molecule has 1 atom stereocenters. The Morgan fingerprint density at radius 1 is 1.18 bits per heavy atom. The van der Waals surface area contributed by atoms with Gasteiger partial charge in [0.1, 0.15) is 5.60 Å². The maximum atomic E-state index is 12.6. The fraction of sp³-hybridized carbons (Fsp3) is 0.294. The van der Waals surface area contributed by atoms with Crippen LogP contribution in [0, 0.1) is 0 Å². The van der Waals surface area contributed by atoms with Gasteiger partial charge >= 0.3 is 0 Å². The number of nitrogens with zero attached hydrogens (tertiary/aromatic N) is 1. The second-order valence-corrected chi connectivity index (χ2v) is 5.43. The van der Waals surface area contributed by atoms with E-state index >= 15 is 0 Å². The van der Waals surface area contributed by atoms with Gasteiger partial charge in [-0.1, -0.05) is 0 Å². The van der Waals surface area contributed by atoms with Gasteiger partial charge in [0.25, 0.3) is 0 Å². The summed E-state index contributed by atoms with van der Waals surface area (Å²) in [6.45, 7) is 0. The van der Waals surface area contributed by atoms with E-state index in [2.05, 4.69) is 4.98 Å². The number of ketones is 1. The fourth-order valence-corrected chi connectivity index (χ4v) is 2.91. The van der Waals surface area contributed by atoms with Gasteiger partial charge in [-0.05, 0) is 35.4 Å². The number of carbonyl (C=O) groups is 1. The lowest BCUT2D eigenvalue weighted by Crippen LogP contribution is -2.38. The molecular formula is C17H17NO4. The molecule has 1 aliphatic carbocycles. The SMILES string of the molecule is COc1cc2c(cc1OC)C(=O)C(O)(Cc1ccncc1)C2. The van der Waals surface area contributed by atoms with E-state index in [9.17, 15) is 9.90 Å². The number of rotatable bonds is 4. The zero-order valence-corrected chi connectivity index (χ0v) is 12.5. The molecule has 0 saturated carbocycles. The average Bonchev–Trinajstić information content (AvgIpc) is 2.77. The Morgan fingerprint density at radius 2 is 1.82 bits per heavy atom. The number of pyridine rings is 1. The van der Waals surface area contributed by atoms with Crippen LogP contribution in [0.3, 0.4) is 0 Å². The quantitative estimate of drug-likeness (QED) is 0.932. The Balaban J connectivity index is 1.96. The third-order valence-corrected chi connectivity index (χ3v) is 4.01. The summed E-state index contributed by atoms with van der Waals surface area (Å²) < 4.78 is 10.5. The summed E-state index contributed by atoms with van der Waals surface area (Å²) >= 11 is 0. The normalized spacial score (nSPS) is 19.9. The summed E-state index contributed by atoms with van der Waals surface area (Å²) in [4.78, 5) is 16.6. The van der Waals surface area contributed by atoms with Gasteiger partial charge in [0, 0.05) is 30.8 Å². The zero-order chi connectivity index (χ0) is 15.7. The minimum absolute atomic E-state index is 0.258. The minimum Gasteiger partial charge on any atom is -0.493 e. The average molecular weight is 299 g/mol. The molecule has 1 N–H and O–H groups in total. The second kappa shape index (κ2) is 5.42. The van der Waals surface area contributed by atoms with Crippen molar-refractivity contribution in [2.75, 3.05) is 14.2 Å². The first-order valence-corrected chi connectivity index (χ1v) is 6.98. The van der Waals surface area contributed by atoms with Crippen molar-refractivity contribution < 1.29 is 19.4 Å². The maximum Gasteiger partial charge on any atom is 0.195 e. The van der Waals surface area contributed by atoms with Crippen molar-refractivity contribution in [3.05, 3.63) is 53.3 Å². The van der Waals surface area contributed by atoms with Gasteiger partial charge < -0.3 is 14.6 Å². The molecule has 114 valence electrons. The van der Waals surface area contributed by atoms with Crippen molar-refractivity contribution in [2.45, 2.75) is 18.4 Å². The van der Waals surface area contributed by atoms with Gasteiger partial charge in [-0.2, -0.15) is 0 Å². The van der Waals surface area contributed by atoms with E-state index in [0.29, 0.717) is 17.1 Å². The first kappa shape index (κ1) is 14.5. The van der Waals surface area contributed by atoms with Crippen LogP contribution in [0.5, 0.6) is 11.5 Å². The molecule has 1 aliphatic rings. The Labute approximate surface area is 128 Å². The second-order valence-electron chi connectivity index (χ2n) is 5.43. The van der Waals surface area contributed by atoms with Gasteiger partial charge in [0.2, 0.25) is 0 Å². The fourth-order valence-electron chi connectivity index (χ4n) is 2.91. The Hall–Kier alpha value is -2.40. The van der Waals surface area contributed by atoms with Crippen molar-refractivity contribution in [3.63, 3.8) is 0 Å². The van der Waals surface area contributed by atoms with Crippen molar-refractivity contribution in [2.24, 2.45) is 0 Å². The number of benzene rings is 1. The number of Topliss-reactive ketones (excluding diaryl/α,β-unsaturated/α-hetero) is 1. The maximum absolute atomic E-state index is 12.6. The van der Waals surface area contributed by atoms with Gasteiger partial charge in [-0.15, -0.1) is 0 Å². The van der Waals surface area contributed by atoms with Crippen LogP contribution in [0.25, 0.3) is 0 Å². The highest BCUT2D eigenvalue weighted by molar-refractivity contribution is 6.07. The molecule has 5 heteroatoms. The topological polar surface area (TPSA) is 68.7 Å². The molecule has 0 aliphatic heterocycles. The monoisotopic (exact) mass is 299 g/mol. The van der Waals surface area contributed by atoms with E-state index < -0.39 is 5.60 Å². The Morgan fingerprint density at radius 3 is 2.45 bits per heavy atom. The molecule has 0 spiro atoms. The molecule has 3 rings (SSSR count). The third-order valence-electron chi connectivity index (χ3n) is 4.01. The highest BCUT2D eigenvalue weighted by Gasteiger charge is 2.44. The van der Waals surface area contributed by atoms with Crippen LogP contribution in [-0.2, 0) is 12.8 Å². The molecule has 1 heterocycles. The van der Waals surface area contributed by atoms with Crippen LogP contribution in [0.15, 0.2) is 36.7 Å². The summed E-state index contributed by atoms with van der Waals surface area (Å²) in [6, 6.07) is 7.00. The molecule has 2 aromatic rings. The predicted octanol–water partition coefficient (Wildman–Crippen LogP) is 1.81. The Bertz CT molecular complexity index is 714. The van der Waals surface area contributed by atoms with Crippen molar-refractivity contribution in [1.82, 2.24) is 4.98 Å². The summed E-state index contributed by atoms with van der Waals surface area (Å²) in [5.41, 5.74) is 0.715. The van der Waals surface area contributed by atoms with E-state index in [1.54, 1.807) is 43.8 Å². The molecule has 0 saturated heterocycles. The molecule has 0 bridgehead atoms. The third kappa shape index (κ3) is 2.33. The number of aliphatic hydroxyl groups is 1. The molecule has 22 heavy (non-hydrogen) atoms. The van der Waals surface area contributed by atoms with Crippen LogP contribution >= 0.6 is 0 Å². The molecule has 0 amide bonds. The lowest BCUT2D eigenvalue weighted by molar-refractivity contribution is 0.0374. The number of fused-ring (bicyclic) bond motifs is 1. The van der Waals surface area contributed by atoms with E-state index in [1.807, 2.05) is 0 Å². The molecule has 0 fully saturated rings. The molecular weight excluding hydrogens is 282 g/mol. The summed E-state index contributed by atoms with van der Waals surface area (Å²) in [5.74, 6) is 0.769. The summed E-state index contributed by atoms with van der Waals surface area (Å²) in [5, 5.41) is 10.8. The smallest absolute Gasteiger partial charge is 0.195 e. The number of hydrogen-bond acceptors (Lipinski definition) is 5. The molecule has 1 unspecified atom stereocenters. The molecule has 1 aromatic heterocycles. The van der Waals surface area contributed by atoms with Crippen LogP contribution in [0.2, 0.25) is 0 Å². The van der Waals surface area contributed by atoms with E-state index in [0.717, 1.165) is 11.1 Å². The number of carbonyl (C=O) groups excluding carboxylic acids is 1. The summed E-state index contributed by atoms with van der Waals surface area (Å²) in [6.07, 6.45) is 3.83. The lowest BCUT2D eigenvalue weighted by Gasteiger charge is -2.20. The van der Waals surface area contributed by atoms with Gasteiger partial charge in [0.15, 0.2) is 17.3 Å². The van der Waals surface area contributed by atoms with Crippen molar-refractivity contribution in [3.8, 4) is 11.5 Å². The zero-order valence-electron chi connectivity index (χ0n) is 12.5. The number of ether oxygens (including phenoxy) is 2. The van der Waals surface area contributed by atoms with E-state index in [-0.39, 0.29) is 18.6 Å². The van der Waals surface area contributed by atoms with Crippen LogP contribution in [0.1, 0.15) is 21.5 Å². The van der Waals surface area contributed by atoms with Crippen LogP contribution in [0.4, 0.5) is 0 Å². The van der Waals surface area contributed by atoms with Gasteiger partial charge in [0.05, 0.1) is 14.2 Å². The van der Waals surface area contributed by atoms with Crippen LogP contribution < -0.4 is 9.47 Å². The van der Waals surface area contributed by atoms with Gasteiger partial charge in [-0.3, -0.25) is 9.78 Å².